The van der Waals surface area contributed by atoms with E-state index in [1.54, 1.807) is 0 Å². The first-order chi connectivity index (χ1) is 9.44. The summed E-state index contributed by atoms with van der Waals surface area (Å²) >= 11 is 5.91. The van der Waals surface area contributed by atoms with Gasteiger partial charge in [-0.3, -0.25) is 4.79 Å². The number of carbonyl (C=O) groups is 1. The van der Waals surface area contributed by atoms with Gasteiger partial charge < -0.3 is 10.2 Å². The van der Waals surface area contributed by atoms with Crippen molar-refractivity contribution in [3.8, 4) is 0 Å². The topological polar surface area (TPSA) is 32.3 Å². The summed E-state index contributed by atoms with van der Waals surface area (Å²) in [6.07, 6.45) is 1.81. The smallest absolute Gasteiger partial charge is 0.228 e. The Hall–Kier alpha value is -1.06. The number of piperidine rings is 1. The lowest BCUT2D eigenvalue weighted by molar-refractivity contribution is -0.143. The van der Waals surface area contributed by atoms with Crippen LogP contribution in [0.4, 0.5) is 0 Å². The summed E-state index contributed by atoms with van der Waals surface area (Å²) in [7, 11) is 1.90. The highest BCUT2D eigenvalue weighted by atomic mass is 35.5. The molecule has 1 heterocycles. The molecule has 0 aromatic heterocycles. The van der Waals surface area contributed by atoms with Crippen LogP contribution in [0.15, 0.2) is 24.3 Å². The second-order valence-electron chi connectivity index (χ2n) is 5.95. The van der Waals surface area contributed by atoms with Crippen molar-refractivity contribution in [3.63, 3.8) is 0 Å². The van der Waals surface area contributed by atoms with Crippen molar-refractivity contribution >= 4 is 17.5 Å². The Labute approximate surface area is 126 Å². The van der Waals surface area contributed by atoms with Crippen LogP contribution in [0.3, 0.4) is 0 Å². The number of carbonyl (C=O) groups excluding carboxylic acids is 1. The number of nitrogens with one attached hydrogen (secondary N) is 1. The number of amides is 1. The van der Waals surface area contributed by atoms with Crippen molar-refractivity contribution in [2.75, 3.05) is 20.1 Å². The molecule has 1 aromatic rings. The number of hydrogen-bond acceptors (Lipinski definition) is 2. The average Bonchev–Trinajstić information content (AvgIpc) is 2.46. The standard InChI is InChI=1S/C16H23ClN2O/c1-12(13-4-6-14(17)7-5-13)19(3)15(20)16(2)8-10-18-11-9-16/h4-7,12,18H,8-11H2,1-3H3. The maximum Gasteiger partial charge on any atom is 0.228 e. The minimum atomic E-state index is -0.235. The van der Waals surface area contributed by atoms with Crippen LogP contribution in [0.25, 0.3) is 0 Å². The largest absolute Gasteiger partial charge is 0.339 e. The summed E-state index contributed by atoms with van der Waals surface area (Å²) in [6, 6.07) is 7.78. The van der Waals surface area contributed by atoms with Gasteiger partial charge in [-0.25, -0.2) is 0 Å². The number of benzene rings is 1. The van der Waals surface area contributed by atoms with Crippen molar-refractivity contribution in [2.45, 2.75) is 32.7 Å². The van der Waals surface area contributed by atoms with Crippen LogP contribution >= 0.6 is 11.6 Å². The van der Waals surface area contributed by atoms with Gasteiger partial charge in [0, 0.05) is 17.5 Å². The number of rotatable bonds is 3. The van der Waals surface area contributed by atoms with E-state index in [0.29, 0.717) is 0 Å². The lowest BCUT2D eigenvalue weighted by atomic mass is 9.79. The molecule has 1 saturated heterocycles. The first-order valence-electron chi connectivity index (χ1n) is 7.17. The Bertz CT molecular complexity index is 466. The van der Waals surface area contributed by atoms with Gasteiger partial charge in [0.05, 0.1) is 6.04 Å². The molecule has 1 fully saturated rings. The third-order valence-corrected chi connectivity index (χ3v) is 4.73. The second kappa shape index (κ2) is 6.15. The average molecular weight is 295 g/mol. The van der Waals surface area contributed by atoms with Gasteiger partial charge in [-0.15, -0.1) is 0 Å². The molecular formula is C16H23ClN2O. The zero-order chi connectivity index (χ0) is 14.8. The molecule has 0 aliphatic carbocycles. The predicted octanol–water partition coefficient (Wildman–Crippen LogP) is 3.25. The third kappa shape index (κ3) is 3.15. The molecule has 0 saturated carbocycles. The number of hydrogen-bond donors (Lipinski definition) is 1. The summed E-state index contributed by atoms with van der Waals surface area (Å²) in [5.41, 5.74) is 0.878. The van der Waals surface area contributed by atoms with Crippen molar-refractivity contribution < 1.29 is 4.79 Å². The molecule has 2 rings (SSSR count). The fraction of sp³-hybridized carbons (Fsp3) is 0.562. The summed E-state index contributed by atoms with van der Waals surface area (Å²) in [4.78, 5) is 14.6. The first-order valence-corrected chi connectivity index (χ1v) is 7.55. The van der Waals surface area contributed by atoms with Crippen LogP contribution < -0.4 is 5.32 Å². The Morgan fingerprint density at radius 2 is 1.85 bits per heavy atom. The zero-order valence-electron chi connectivity index (χ0n) is 12.4. The van der Waals surface area contributed by atoms with Crippen molar-refractivity contribution in [3.05, 3.63) is 34.9 Å². The van der Waals surface area contributed by atoms with Gasteiger partial charge in [0.2, 0.25) is 5.91 Å². The molecule has 1 aromatic carbocycles. The minimum Gasteiger partial charge on any atom is -0.339 e. The highest BCUT2D eigenvalue weighted by molar-refractivity contribution is 6.30. The van der Waals surface area contributed by atoms with Crippen LogP contribution in [0, 0.1) is 5.41 Å². The SMILES string of the molecule is CC(c1ccc(Cl)cc1)N(C)C(=O)C1(C)CCNCC1. The molecule has 0 spiro atoms. The van der Waals surface area contributed by atoms with E-state index >= 15 is 0 Å². The predicted molar refractivity (Wildman–Crippen MR) is 82.8 cm³/mol. The van der Waals surface area contributed by atoms with Gasteiger partial charge in [-0.2, -0.15) is 0 Å². The zero-order valence-corrected chi connectivity index (χ0v) is 13.2. The molecule has 1 unspecified atom stereocenters. The Morgan fingerprint density at radius 1 is 1.30 bits per heavy atom. The van der Waals surface area contributed by atoms with Crippen LogP contribution in [-0.2, 0) is 4.79 Å². The van der Waals surface area contributed by atoms with E-state index in [1.165, 1.54) is 0 Å². The molecule has 3 nitrogen and oxygen atoms in total. The quantitative estimate of drug-likeness (QED) is 0.928. The van der Waals surface area contributed by atoms with Gasteiger partial charge in [0.1, 0.15) is 0 Å². The minimum absolute atomic E-state index is 0.0616. The van der Waals surface area contributed by atoms with Crippen LogP contribution in [0.1, 0.15) is 38.3 Å². The Morgan fingerprint density at radius 3 is 2.40 bits per heavy atom. The first kappa shape index (κ1) is 15.3. The highest BCUT2D eigenvalue weighted by Gasteiger charge is 2.37. The van der Waals surface area contributed by atoms with E-state index in [-0.39, 0.29) is 17.4 Å². The monoisotopic (exact) mass is 294 g/mol. The Kier molecular flexibility index (Phi) is 4.71. The van der Waals surface area contributed by atoms with E-state index in [1.807, 2.05) is 36.2 Å². The molecule has 0 radical (unpaired) electrons. The summed E-state index contributed by atoms with van der Waals surface area (Å²) in [6.45, 7) is 5.99. The van der Waals surface area contributed by atoms with Crippen LogP contribution in [0.2, 0.25) is 5.02 Å². The second-order valence-corrected chi connectivity index (χ2v) is 6.39. The molecule has 1 amide bonds. The molecule has 1 N–H and O–H groups in total. The van der Waals surface area contributed by atoms with E-state index in [4.69, 9.17) is 11.6 Å². The van der Waals surface area contributed by atoms with Gasteiger partial charge in [-0.1, -0.05) is 30.7 Å². The highest BCUT2D eigenvalue weighted by Crippen LogP contribution is 2.33. The van der Waals surface area contributed by atoms with E-state index in [2.05, 4.69) is 19.2 Å². The molecule has 1 atom stereocenters. The fourth-order valence-corrected chi connectivity index (χ4v) is 2.88. The fourth-order valence-electron chi connectivity index (χ4n) is 2.76. The lowest BCUT2D eigenvalue weighted by Crippen LogP contribution is -2.47. The van der Waals surface area contributed by atoms with Gasteiger partial charge in [-0.05, 0) is 50.6 Å². The number of halogens is 1. The Balaban J connectivity index is 2.11. The van der Waals surface area contributed by atoms with E-state index in [0.717, 1.165) is 36.5 Å². The van der Waals surface area contributed by atoms with Gasteiger partial charge in [0.15, 0.2) is 0 Å². The number of nitrogens with zero attached hydrogens (tertiary/aromatic N) is 1. The molecule has 1 aliphatic rings. The van der Waals surface area contributed by atoms with Gasteiger partial charge >= 0.3 is 0 Å². The van der Waals surface area contributed by atoms with E-state index < -0.39 is 0 Å². The summed E-state index contributed by atoms with van der Waals surface area (Å²) in [5.74, 6) is 0.237. The molecule has 110 valence electrons. The van der Waals surface area contributed by atoms with E-state index in [9.17, 15) is 4.79 Å². The summed E-state index contributed by atoms with van der Waals surface area (Å²) in [5, 5.41) is 4.04. The molecule has 4 heteroatoms. The van der Waals surface area contributed by atoms with Crippen LogP contribution in [-0.4, -0.2) is 30.9 Å². The third-order valence-electron chi connectivity index (χ3n) is 4.48. The molecule has 20 heavy (non-hydrogen) atoms. The molecule has 1 aliphatic heterocycles. The molecule has 0 bridgehead atoms. The summed E-state index contributed by atoms with van der Waals surface area (Å²) < 4.78 is 0. The van der Waals surface area contributed by atoms with Crippen LogP contribution in [0.5, 0.6) is 0 Å². The van der Waals surface area contributed by atoms with Crippen molar-refractivity contribution in [1.82, 2.24) is 10.2 Å². The maximum absolute atomic E-state index is 12.8. The van der Waals surface area contributed by atoms with Crippen molar-refractivity contribution in [2.24, 2.45) is 5.41 Å². The van der Waals surface area contributed by atoms with Gasteiger partial charge in [0.25, 0.3) is 0 Å². The molecular weight excluding hydrogens is 272 g/mol. The normalized spacial score (nSPS) is 19.4. The van der Waals surface area contributed by atoms with Crippen molar-refractivity contribution in [1.29, 1.82) is 0 Å². The maximum atomic E-state index is 12.8. The lowest BCUT2D eigenvalue weighted by Gasteiger charge is -2.38.